The van der Waals surface area contributed by atoms with Crippen LogP contribution >= 0.6 is 0 Å². The Hall–Kier alpha value is -2.38. The number of aliphatic carboxylic acids is 1. The Morgan fingerprint density at radius 1 is 1.36 bits per heavy atom. The van der Waals surface area contributed by atoms with Gasteiger partial charge in [0.05, 0.1) is 11.6 Å². The van der Waals surface area contributed by atoms with Crippen molar-refractivity contribution < 1.29 is 28.2 Å². The van der Waals surface area contributed by atoms with Crippen molar-refractivity contribution in [3.63, 3.8) is 0 Å². The molecule has 0 aliphatic rings. The van der Waals surface area contributed by atoms with Crippen molar-refractivity contribution in [1.29, 1.82) is 0 Å². The highest BCUT2D eigenvalue weighted by atomic mass is 19.3. The van der Waals surface area contributed by atoms with Crippen LogP contribution in [0.3, 0.4) is 0 Å². The van der Waals surface area contributed by atoms with Gasteiger partial charge in [0.1, 0.15) is 12.4 Å². The van der Waals surface area contributed by atoms with Gasteiger partial charge in [-0.3, -0.25) is 4.79 Å². The fraction of sp³-hybridized carbons (Fsp3) is 0.429. The van der Waals surface area contributed by atoms with Gasteiger partial charge in [-0.2, -0.15) is 0 Å². The average Bonchev–Trinajstić information content (AvgIpc) is 2.45. The maximum absolute atomic E-state index is 12.2. The van der Waals surface area contributed by atoms with Crippen LogP contribution in [0.5, 0.6) is 5.75 Å². The number of hydrogen-bond donors (Lipinski definition) is 2. The average molecular weight is 316 g/mol. The summed E-state index contributed by atoms with van der Waals surface area (Å²) in [6.45, 7) is 0.714. The predicted molar refractivity (Wildman–Crippen MR) is 76.4 cm³/mol. The largest absolute Gasteiger partial charge is 0.485 e. The molecule has 0 saturated heterocycles. The number of carboxylic acids is 1. The molecule has 1 rings (SSSR count). The monoisotopic (exact) mass is 316 g/mol. The van der Waals surface area contributed by atoms with E-state index in [9.17, 15) is 18.4 Å². The molecule has 0 heterocycles. The predicted octanol–water partition coefficient (Wildman–Crippen LogP) is 2.51. The van der Waals surface area contributed by atoms with Crippen LogP contribution < -0.4 is 10.1 Å². The van der Waals surface area contributed by atoms with Crippen molar-refractivity contribution in [2.24, 2.45) is 5.92 Å². The number of alkyl halides is 2. The summed E-state index contributed by atoms with van der Waals surface area (Å²) in [5.41, 5.74) is 0.239. The van der Waals surface area contributed by atoms with Gasteiger partial charge in [-0.25, -0.2) is 13.6 Å². The first kappa shape index (κ1) is 17.7. The number of carbonyl (C=O) groups excluding carboxylic acids is 1. The molecule has 0 aromatic heterocycles. The lowest BCUT2D eigenvalue weighted by Crippen LogP contribution is -2.36. The maximum Gasteiger partial charge on any atom is 0.321 e. The van der Waals surface area contributed by atoms with Crippen molar-refractivity contribution in [2.45, 2.75) is 13.3 Å². The van der Waals surface area contributed by atoms with Gasteiger partial charge in [0.2, 0.25) is 0 Å². The number of rotatable bonds is 7. The lowest BCUT2D eigenvalue weighted by atomic mass is 10.2. The van der Waals surface area contributed by atoms with Crippen molar-refractivity contribution in [3.8, 4) is 5.75 Å². The second-order valence-electron chi connectivity index (χ2n) is 4.75. The van der Waals surface area contributed by atoms with E-state index in [0.717, 1.165) is 0 Å². The standard InChI is InChI=1S/C14H18F2N2O4/c1-9(13(19)20)7-18(2)14(21)17-10-5-3-4-6-11(10)22-8-12(15)16/h3-6,9,12H,7-8H2,1-2H3,(H,17,21)(H,19,20). The number of anilines is 1. The highest BCUT2D eigenvalue weighted by Crippen LogP contribution is 2.24. The molecular weight excluding hydrogens is 298 g/mol. The number of nitrogens with one attached hydrogen (secondary N) is 1. The van der Waals surface area contributed by atoms with Crippen molar-refractivity contribution in [1.82, 2.24) is 4.90 Å². The molecule has 1 aromatic carbocycles. The Labute approximate surface area is 126 Å². The third-order valence-electron chi connectivity index (χ3n) is 2.81. The third kappa shape index (κ3) is 5.55. The number of amides is 2. The first-order valence-electron chi connectivity index (χ1n) is 6.56. The van der Waals surface area contributed by atoms with Gasteiger partial charge in [-0.1, -0.05) is 19.1 Å². The first-order chi connectivity index (χ1) is 10.3. The van der Waals surface area contributed by atoms with Crippen molar-refractivity contribution in [3.05, 3.63) is 24.3 Å². The Morgan fingerprint density at radius 2 is 2.00 bits per heavy atom. The third-order valence-corrected chi connectivity index (χ3v) is 2.81. The van der Waals surface area contributed by atoms with Gasteiger partial charge >= 0.3 is 12.0 Å². The Kier molecular flexibility index (Phi) is 6.55. The van der Waals surface area contributed by atoms with Gasteiger partial charge in [-0.15, -0.1) is 0 Å². The molecule has 8 heteroatoms. The quantitative estimate of drug-likeness (QED) is 0.810. The number of halogens is 2. The summed E-state index contributed by atoms with van der Waals surface area (Å²) < 4.78 is 29.3. The topological polar surface area (TPSA) is 78.9 Å². The van der Waals surface area contributed by atoms with E-state index in [1.54, 1.807) is 12.1 Å². The van der Waals surface area contributed by atoms with Gasteiger partial charge in [0.15, 0.2) is 0 Å². The smallest absolute Gasteiger partial charge is 0.321 e. The Morgan fingerprint density at radius 3 is 2.59 bits per heavy atom. The first-order valence-corrected chi connectivity index (χ1v) is 6.56. The number of urea groups is 1. The summed E-state index contributed by atoms with van der Waals surface area (Å²) in [7, 11) is 1.44. The van der Waals surface area contributed by atoms with Gasteiger partial charge in [-0.05, 0) is 12.1 Å². The summed E-state index contributed by atoms with van der Waals surface area (Å²) in [6, 6.07) is 5.61. The van der Waals surface area contributed by atoms with Gasteiger partial charge in [0.25, 0.3) is 6.43 Å². The molecule has 0 bridgehead atoms. The van der Waals surface area contributed by atoms with Crippen molar-refractivity contribution in [2.75, 3.05) is 25.5 Å². The zero-order valence-corrected chi connectivity index (χ0v) is 12.3. The fourth-order valence-electron chi connectivity index (χ4n) is 1.63. The molecule has 0 spiro atoms. The van der Waals surface area contributed by atoms with Crippen LogP contribution in [-0.2, 0) is 4.79 Å². The number of benzene rings is 1. The SMILES string of the molecule is CC(CN(C)C(=O)Nc1ccccc1OCC(F)F)C(=O)O. The van der Waals surface area contributed by atoms with Gasteiger partial charge in [0, 0.05) is 13.6 Å². The molecule has 0 fully saturated rings. The molecule has 0 radical (unpaired) electrons. The molecular formula is C14H18F2N2O4. The van der Waals surface area contributed by atoms with E-state index in [2.05, 4.69) is 5.32 Å². The maximum atomic E-state index is 12.2. The van der Waals surface area contributed by atoms with Crippen LogP contribution in [0.1, 0.15) is 6.92 Å². The highest BCUT2D eigenvalue weighted by molar-refractivity contribution is 5.91. The summed E-state index contributed by atoms with van der Waals surface area (Å²) in [5.74, 6) is -1.61. The van der Waals surface area contributed by atoms with Crippen LogP contribution in [0.15, 0.2) is 24.3 Å². The second-order valence-corrected chi connectivity index (χ2v) is 4.75. The molecule has 2 N–H and O–H groups in total. The molecule has 22 heavy (non-hydrogen) atoms. The molecule has 1 atom stereocenters. The molecule has 0 aliphatic carbocycles. The van der Waals surface area contributed by atoms with Crippen LogP contribution in [0.2, 0.25) is 0 Å². The van der Waals surface area contributed by atoms with E-state index >= 15 is 0 Å². The zero-order chi connectivity index (χ0) is 16.7. The fourth-order valence-corrected chi connectivity index (χ4v) is 1.63. The Balaban J connectivity index is 2.69. The summed E-state index contributed by atoms with van der Waals surface area (Å²) in [6.07, 6.45) is -2.62. The van der Waals surface area contributed by atoms with E-state index < -0.39 is 31.0 Å². The number of carboxylic acid groups (broad SMARTS) is 1. The number of carbonyl (C=O) groups is 2. The van der Waals surface area contributed by atoms with E-state index in [1.165, 1.54) is 31.0 Å². The highest BCUT2D eigenvalue weighted by Gasteiger charge is 2.18. The van der Waals surface area contributed by atoms with Crippen LogP contribution in [0, 0.1) is 5.92 Å². The molecule has 6 nitrogen and oxygen atoms in total. The number of hydrogen-bond acceptors (Lipinski definition) is 3. The summed E-state index contributed by atoms with van der Waals surface area (Å²) in [5, 5.41) is 11.3. The second kappa shape index (κ2) is 8.16. The molecule has 2 amide bonds. The van der Waals surface area contributed by atoms with E-state index in [0.29, 0.717) is 0 Å². The van der Waals surface area contributed by atoms with Crippen LogP contribution in [0.4, 0.5) is 19.3 Å². The Bertz CT molecular complexity index is 525. The minimum atomic E-state index is -2.62. The number of nitrogens with zero attached hydrogens (tertiary/aromatic N) is 1. The lowest BCUT2D eigenvalue weighted by Gasteiger charge is -2.21. The van der Waals surface area contributed by atoms with Crippen LogP contribution in [0.25, 0.3) is 0 Å². The summed E-state index contributed by atoms with van der Waals surface area (Å²) >= 11 is 0. The van der Waals surface area contributed by atoms with Crippen molar-refractivity contribution >= 4 is 17.7 Å². The number of para-hydroxylation sites is 2. The lowest BCUT2D eigenvalue weighted by molar-refractivity contribution is -0.141. The van der Waals surface area contributed by atoms with Crippen LogP contribution in [-0.4, -0.2) is 48.6 Å². The molecule has 122 valence electrons. The minimum Gasteiger partial charge on any atom is -0.485 e. The molecule has 1 unspecified atom stereocenters. The molecule has 0 aliphatic heterocycles. The molecule has 1 aromatic rings. The normalized spacial score (nSPS) is 11.9. The van der Waals surface area contributed by atoms with E-state index in [1.807, 2.05) is 0 Å². The zero-order valence-electron chi connectivity index (χ0n) is 12.3. The minimum absolute atomic E-state index is 0.0151. The molecule has 0 saturated carbocycles. The summed E-state index contributed by atoms with van der Waals surface area (Å²) in [4.78, 5) is 23.9. The van der Waals surface area contributed by atoms with E-state index in [-0.39, 0.29) is 18.0 Å². The number of ether oxygens (including phenoxy) is 1. The van der Waals surface area contributed by atoms with E-state index in [4.69, 9.17) is 9.84 Å². The van der Waals surface area contributed by atoms with Gasteiger partial charge < -0.3 is 20.1 Å².